The van der Waals surface area contributed by atoms with Crippen molar-refractivity contribution in [2.75, 3.05) is 11.9 Å². The van der Waals surface area contributed by atoms with Gasteiger partial charge in [-0.15, -0.1) is 0 Å². The predicted molar refractivity (Wildman–Crippen MR) is 171 cm³/mol. The number of esters is 1. The Balaban J connectivity index is 1.50. The highest BCUT2D eigenvalue weighted by Gasteiger charge is 2.43. The van der Waals surface area contributed by atoms with E-state index >= 15 is 0 Å². The molecule has 9 nitrogen and oxygen atoms in total. The van der Waals surface area contributed by atoms with E-state index in [1.165, 1.54) is 0 Å². The number of halogens is 1. The molecule has 0 bridgehead atoms. The summed E-state index contributed by atoms with van der Waals surface area (Å²) in [5, 5.41) is 3.31. The molecule has 1 amide bonds. The predicted octanol–water partition coefficient (Wildman–Crippen LogP) is 6.56. The maximum absolute atomic E-state index is 13.9. The Kier molecular flexibility index (Phi) is 8.04. The summed E-state index contributed by atoms with van der Waals surface area (Å²) in [6, 6.07) is 22.0. The number of aliphatic imine (C=N–C) groups is 1. The number of pyridine rings is 2. The number of amides is 1. The number of hydrogen-bond donors (Lipinski definition) is 1. The highest BCUT2D eigenvalue weighted by atomic mass is 35.5. The molecule has 220 valence electrons. The number of aromatic nitrogens is 4. The lowest BCUT2D eigenvalue weighted by Gasteiger charge is -2.33. The molecule has 0 saturated carbocycles. The van der Waals surface area contributed by atoms with Crippen LogP contribution in [0.2, 0.25) is 5.02 Å². The van der Waals surface area contributed by atoms with Crippen LogP contribution in [0, 0.1) is 12.8 Å². The minimum atomic E-state index is -0.855. The number of anilines is 1. The van der Waals surface area contributed by atoms with Gasteiger partial charge in [-0.2, -0.15) is 0 Å². The van der Waals surface area contributed by atoms with Gasteiger partial charge in [0.15, 0.2) is 0 Å². The van der Waals surface area contributed by atoms with Gasteiger partial charge in [-0.25, -0.2) is 14.8 Å². The summed E-state index contributed by atoms with van der Waals surface area (Å²) in [4.78, 5) is 45.7. The molecule has 2 aromatic carbocycles. The first-order valence-electron chi connectivity index (χ1n) is 14.2. The second-order valence-corrected chi connectivity index (χ2v) is 10.7. The fourth-order valence-electron chi connectivity index (χ4n) is 5.70. The molecule has 3 aromatic heterocycles. The molecule has 2 unspecified atom stereocenters. The van der Waals surface area contributed by atoms with Gasteiger partial charge in [-0.3, -0.25) is 19.3 Å². The van der Waals surface area contributed by atoms with Crippen molar-refractivity contribution < 1.29 is 14.3 Å². The molecule has 1 aliphatic rings. The van der Waals surface area contributed by atoms with Crippen molar-refractivity contribution >= 4 is 51.7 Å². The third-order valence-electron chi connectivity index (χ3n) is 7.60. The first-order valence-corrected chi connectivity index (χ1v) is 14.6. The van der Waals surface area contributed by atoms with Crippen molar-refractivity contribution in [2.24, 2.45) is 10.9 Å². The van der Waals surface area contributed by atoms with E-state index in [0.717, 1.165) is 22.5 Å². The number of benzene rings is 2. The van der Waals surface area contributed by atoms with Crippen molar-refractivity contribution in [3.8, 4) is 5.69 Å². The van der Waals surface area contributed by atoms with Crippen LogP contribution in [0.5, 0.6) is 0 Å². The lowest BCUT2D eigenvalue weighted by Crippen LogP contribution is -2.38. The minimum Gasteiger partial charge on any atom is -0.463 e. The Hall–Kier alpha value is -5.15. The fourth-order valence-corrected chi connectivity index (χ4v) is 5.95. The molecule has 1 N–H and O–H groups in total. The van der Waals surface area contributed by atoms with Gasteiger partial charge >= 0.3 is 5.97 Å². The van der Waals surface area contributed by atoms with Gasteiger partial charge in [-0.1, -0.05) is 48.0 Å². The molecule has 0 aliphatic carbocycles. The molecule has 2 atom stereocenters. The van der Waals surface area contributed by atoms with Gasteiger partial charge in [0.25, 0.3) is 0 Å². The van der Waals surface area contributed by atoms with Crippen LogP contribution in [0.15, 0.2) is 102 Å². The number of aryl methyl sites for hydroxylation is 1. The Labute approximate surface area is 259 Å². The van der Waals surface area contributed by atoms with Crippen LogP contribution in [-0.2, 0) is 14.3 Å². The van der Waals surface area contributed by atoms with Crippen LogP contribution in [-0.4, -0.2) is 43.7 Å². The largest absolute Gasteiger partial charge is 0.463 e. The van der Waals surface area contributed by atoms with E-state index in [9.17, 15) is 9.59 Å². The number of carbonyl (C=O) groups is 2. The van der Waals surface area contributed by atoms with Gasteiger partial charge in [-0.05, 0) is 62.7 Å². The SMILES string of the molecule is CCOC(=O)C1=C(c2ccc(-n3c(C)nc4ccncc43)cc2)N=C(C)C(C(=O)Nc2ccccn2)C1c1ccccc1Cl. The van der Waals surface area contributed by atoms with Crippen molar-refractivity contribution in [3.63, 3.8) is 0 Å². The molecular formula is C34H29ClN6O3. The van der Waals surface area contributed by atoms with Gasteiger partial charge in [0.2, 0.25) is 5.91 Å². The van der Waals surface area contributed by atoms with Crippen LogP contribution in [0.25, 0.3) is 22.4 Å². The first-order chi connectivity index (χ1) is 21.4. The van der Waals surface area contributed by atoms with Gasteiger partial charge < -0.3 is 10.1 Å². The van der Waals surface area contributed by atoms with Crippen LogP contribution in [0.1, 0.15) is 36.7 Å². The van der Waals surface area contributed by atoms with Crippen LogP contribution in [0.3, 0.4) is 0 Å². The Morgan fingerprint density at radius 3 is 2.48 bits per heavy atom. The summed E-state index contributed by atoms with van der Waals surface area (Å²) in [7, 11) is 0. The highest BCUT2D eigenvalue weighted by molar-refractivity contribution is 6.31. The standard InChI is InChI=1S/C34H29ClN6O3/c1-4-44-34(43)31-30(24-9-5-6-10-25(24)35)29(33(42)40-28-11-7-8-17-37-28)20(2)38-32(31)22-12-14-23(15-13-22)41-21(3)39-26-16-18-36-19-27(26)41/h5-19,29-30H,4H2,1-3H3,(H,37,40,42). The van der Waals surface area contributed by atoms with Crippen molar-refractivity contribution in [3.05, 3.63) is 119 Å². The monoisotopic (exact) mass is 604 g/mol. The van der Waals surface area contributed by atoms with Gasteiger partial charge in [0, 0.05) is 40.3 Å². The maximum Gasteiger partial charge on any atom is 0.336 e. The summed E-state index contributed by atoms with van der Waals surface area (Å²) in [5.74, 6) is -1.34. The van der Waals surface area contributed by atoms with Gasteiger partial charge in [0.05, 0.1) is 41.0 Å². The molecule has 5 aromatic rings. The van der Waals surface area contributed by atoms with Crippen LogP contribution in [0.4, 0.5) is 5.82 Å². The van der Waals surface area contributed by atoms with Crippen molar-refractivity contribution in [1.82, 2.24) is 19.5 Å². The zero-order valence-corrected chi connectivity index (χ0v) is 25.1. The molecule has 0 fully saturated rings. The smallest absolute Gasteiger partial charge is 0.336 e. The number of rotatable bonds is 7. The topological polar surface area (TPSA) is 111 Å². The average molecular weight is 605 g/mol. The van der Waals surface area contributed by atoms with E-state index in [4.69, 9.17) is 21.3 Å². The number of carbonyl (C=O) groups excluding carboxylic acids is 2. The minimum absolute atomic E-state index is 0.151. The fraction of sp³-hybridized carbons (Fsp3) is 0.176. The number of fused-ring (bicyclic) bond motifs is 1. The summed E-state index contributed by atoms with van der Waals surface area (Å²) >= 11 is 6.74. The Morgan fingerprint density at radius 1 is 0.977 bits per heavy atom. The van der Waals surface area contributed by atoms with E-state index in [2.05, 4.69) is 20.3 Å². The molecule has 6 rings (SSSR count). The van der Waals surface area contributed by atoms with Crippen LogP contribution < -0.4 is 5.32 Å². The summed E-state index contributed by atoms with van der Waals surface area (Å²) in [6.07, 6.45) is 5.09. The third kappa shape index (κ3) is 5.38. The zero-order valence-electron chi connectivity index (χ0n) is 24.4. The number of nitrogens with one attached hydrogen (secondary N) is 1. The lowest BCUT2D eigenvalue weighted by atomic mass is 9.74. The molecule has 0 saturated heterocycles. The number of imidazole rings is 1. The molecular weight excluding hydrogens is 576 g/mol. The summed E-state index contributed by atoms with van der Waals surface area (Å²) in [6.45, 7) is 5.62. The highest BCUT2D eigenvalue weighted by Crippen LogP contribution is 2.45. The third-order valence-corrected chi connectivity index (χ3v) is 7.94. The normalized spacial score (nSPS) is 16.5. The molecule has 4 heterocycles. The second-order valence-electron chi connectivity index (χ2n) is 10.3. The number of nitrogens with zero attached hydrogens (tertiary/aromatic N) is 5. The van der Waals surface area contributed by atoms with E-state index in [1.54, 1.807) is 56.7 Å². The van der Waals surface area contributed by atoms with Crippen LogP contribution >= 0.6 is 11.6 Å². The van der Waals surface area contributed by atoms with E-state index < -0.39 is 17.8 Å². The molecule has 0 spiro atoms. The van der Waals surface area contributed by atoms with Crippen molar-refractivity contribution in [2.45, 2.75) is 26.7 Å². The van der Waals surface area contributed by atoms with Crippen molar-refractivity contribution in [1.29, 1.82) is 0 Å². The first kappa shape index (κ1) is 28.9. The zero-order chi connectivity index (χ0) is 30.8. The average Bonchev–Trinajstić information content (AvgIpc) is 3.37. The Bertz CT molecular complexity index is 1930. The van der Waals surface area contributed by atoms with E-state index in [1.807, 2.05) is 60.0 Å². The van der Waals surface area contributed by atoms with E-state index in [-0.39, 0.29) is 18.1 Å². The number of ether oxygens (including phenoxy) is 1. The lowest BCUT2D eigenvalue weighted by molar-refractivity contribution is -0.138. The van der Waals surface area contributed by atoms with Gasteiger partial charge in [0.1, 0.15) is 11.6 Å². The molecule has 1 aliphatic heterocycles. The quantitative estimate of drug-likeness (QED) is 0.210. The second kappa shape index (κ2) is 12.2. The number of hydrogen-bond acceptors (Lipinski definition) is 7. The summed E-state index contributed by atoms with van der Waals surface area (Å²) < 4.78 is 7.60. The van der Waals surface area contributed by atoms with E-state index in [0.29, 0.717) is 33.4 Å². The maximum atomic E-state index is 13.9. The molecule has 44 heavy (non-hydrogen) atoms. The Morgan fingerprint density at radius 2 is 1.75 bits per heavy atom. The molecule has 0 radical (unpaired) electrons. The summed E-state index contributed by atoms with van der Waals surface area (Å²) in [5.41, 5.74) is 5.13. The molecule has 10 heteroatoms.